The Kier molecular flexibility index (Phi) is 8.43. The van der Waals surface area contributed by atoms with E-state index in [-0.39, 0.29) is 18.4 Å². The Morgan fingerprint density at radius 2 is 1.38 bits per heavy atom. The molecule has 0 amide bonds. The highest BCUT2D eigenvalue weighted by Crippen LogP contribution is 2.27. The predicted molar refractivity (Wildman–Crippen MR) is 134 cm³/mol. The molecule has 0 unspecified atom stereocenters. The van der Waals surface area contributed by atoms with Crippen molar-refractivity contribution in [1.29, 1.82) is 0 Å². The molecule has 0 radical (unpaired) electrons. The van der Waals surface area contributed by atoms with Gasteiger partial charge in [0.15, 0.2) is 17.4 Å². The number of ether oxygens (including phenoxy) is 2. The van der Waals surface area contributed by atoms with E-state index in [1.807, 2.05) is 42.5 Å². The fourth-order valence-electron chi connectivity index (χ4n) is 4.17. The summed E-state index contributed by atoms with van der Waals surface area (Å²) in [7, 11) is 0. The molecule has 0 fully saturated rings. The fourth-order valence-corrected chi connectivity index (χ4v) is 4.17. The number of aryl methyl sites for hydroxylation is 4. The number of hydrogen-bond acceptors (Lipinski definition) is 2. The van der Waals surface area contributed by atoms with Crippen LogP contribution in [0.1, 0.15) is 22.3 Å². The summed E-state index contributed by atoms with van der Waals surface area (Å²) in [5, 5.41) is 1.22. The molecule has 0 aliphatic carbocycles. The summed E-state index contributed by atoms with van der Waals surface area (Å²) in [5.74, 6) is -3.18. The minimum absolute atomic E-state index is 0.126. The van der Waals surface area contributed by atoms with Gasteiger partial charge < -0.3 is 9.47 Å². The first kappa shape index (κ1) is 26.2. The first-order chi connectivity index (χ1) is 17.8. The van der Waals surface area contributed by atoms with Crippen LogP contribution in [-0.2, 0) is 25.7 Å². The second-order valence-corrected chi connectivity index (χ2v) is 8.60. The molecule has 0 bridgehead atoms. The van der Waals surface area contributed by atoms with Gasteiger partial charge in [-0.05, 0) is 77.6 Å². The Labute approximate surface area is 212 Å². The molecule has 0 spiro atoms. The minimum atomic E-state index is -3.34. The molecular formula is C30H25F5O2. The lowest BCUT2D eigenvalue weighted by Crippen LogP contribution is -2.06. The predicted octanol–water partition coefficient (Wildman–Crippen LogP) is 7.99. The van der Waals surface area contributed by atoms with Crippen LogP contribution in [0.2, 0.25) is 0 Å². The third kappa shape index (κ3) is 6.67. The molecule has 0 saturated heterocycles. The zero-order valence-electron chi connectivity index (χ0n) is 20.0. The van der Waals surface area contributed by atoms with Gasteiger partial charge in [0.05, 0.1) is 0 Å². The van der Waals surface area contributed by atoms with E-state index < -0.39 is 29.8 Å². The number of fused-ring (bicyclic) bond motifs is 1. The van der Waals surface area contributed by atoms with E-state index in [1.165, 1.54) is 0 Å². The van der Waals surface area contributed by atoms with Crippen molar-refractivity contribution in [2.24, 2.45) is 0 Å². The molecule has 0 aliphatic rings. The quantitative estimate of drug-likeness (QED) is 0.150. The van der Waals surface area contributed by atoms with Crippen LogP contribution in [0.4, 0.5) is 22.0 Å². The molecule has 0 atom stereocenters. The maximum Gasteiger partial charge on any atom is 0.387 e. The van der Waals surface area contributed by atoms with E-state index in [4.69, 9.17) is 4.74 Å². The first-order valence-electron chi connectivity index (χ1n) is 11.8. The second kappa shape index (κ2) is 11.9. The molecule has 0 N–H and O–H groups in total. The number of benzene rings is 4. The van der Waals surface area contributed by atoms with Crippen LogP contribution in [0.25, 0.3) is 10.8 Å². The van der Waals surface area contributed by atoms with Gasteiger partial charge in [0.2, 0.25) is 0 Å². The fraction of sp³-hybridized carbons (Fsp3) is 0.200. The summed E-state index contributed by atoms with van der Waals surface area (Å²) >= 11 is 0. The summed E-state index contributed by atoms with van der Waals surface area (Å²) < 4.78 is 77.1. The molecule has 0 aromatic heterocycles. The molecule has 37 heavy (non-hydrogen) atoms. The van der Waals surface area contributed by atoms with Crippen molar-refractivity contribution in [2.45, 2.75) is 32.3 Å². The summed E-state index contributed by atoms with van der Waals surface area (Å²) in [6, 6.07) is 18.8. The average molecular weight is 513 g/mol. The third-order valence-corrected chi connectivity index (χ3v) is 6.04. The van der Waals surface area contributed by atoms with Gasteiger partial charge in [-0.1, -0.05) is 55.1 Å². The monoisotopic (exact) mass is 512 g/mol. The lowest BCUT2D eigenvalue weighted by atomic mass is 9.97. The van der Waals surface area contributed by atoms with E-state index in [1.54, 1.807) is 18.2 Å². The van der Waals surface area contributed by atoms with E-state index in [0.29, 0.717) is 17.6 Å². The maximum absolute atomic E-state index is 15.2. The number of rotatable bonds is 11. The Hall–Kier alpha value is -3.87. The van der Waals surface area contributed by atoms with Gasteiger partial charge in [-0.2, -0.15) is 8.78 Å². The van der Waals surface area contributed by atoms with Crippen LogP contribution in [0.3, 0.4) is 0 Å². The minimum Gasteiger partial charge on any atom is -0.490 e. The summed E-state index contributed by atoms with van der Waals surface area (Å²) in [4.78, 5) is 0. The molecular weight excluding hydrogens is 487 g/mol. The molecule has 4 aromatic rings. The van der Waals surface area contributed by atoms with E-state index in [0.717, 1.165) is 47.2 Å². The van der Waals surface area contributed by atoms with Crippen molar-refractivity contribution in [3.05, 3.63) is 119 Å². The smallest absolute Gasteiger partial charge is 0.387 e. The van der Waals surface area contributed by atoms with Crippen molar-refractivity contribution in [2.75, 3.05) is 6.61 Å². The number of alkyl halides is 2. The summed E-state index contributed by atoms with van der Waals surface area (Å²) in [5.41, 5.74) is 2.84. The third-order valence-electron chi connectivity index (χ3n) is 6.04. The van der Waals surface area contributed by atoms with E-state index in [2.05, 4.69) is 11.3 Å². The molecule has 7 heteroatoms. The van der Waals surface area contributed by atoms with Crippen LogP contribution < -0.4 is 9.47 Å². The van der Waals surface area contributed by atoms with Crippen molar-refractivity contribution in [3.63, 3.8) is 0 Å². The zero-order valence-corrected chi connectivity index (χ0v) is 20.0. The van der Waals surface area contributed by atoms with Gasteiger partial charge in [0, 0.05) is 5.39 Å². The van der Waals surface area contributed by atoms with Gasteiger partial charge in [0.25, 0.3) is 0 Å². The maximum atomic E-state index is 15.2. The van der Waals surface area contributed by atoms with Crippen molar-refractivity contribution in [1.82, 2.24) is 0 Å². The van der Waals surface area contributed by atoms with Gasteiger partial charge in [-0.3, -0.25) is 0 Å². The SMILES string of the molecule is C=CCOc1ccc(CCc2ccc3c(F)c(CCc4cc(F)c(OC(F)F)c(F)c4)ccc3c2)cc1. The van der Waals surface area contributed by atoms with Gasteiger partial charge in [0.1, 0.15) is 18.2 Å². The van der Waals surface area contributed by atoms with E-state index in [9.17, 15) is 17.6 Å². The molecule has 4 aromatic carbocycles. The van der Waals surface area contributed by atoms with Crippen LogP contribution in [0.5, 0.6) is 11.5 Å². The lowest BCUT2D eigenvalue weighted by molar-refractivity contribution is -0.0546. The largest absolute Gasteiger partial charge is 0.490 e. The van der Waals surface area contributed by atoms with Crippen LogP contribution >= 0.6 is 0 Å². The molecule has 0 saturated carbocycles. The van der Waals surface area contributed by atoms with E-state index >= 15 is 4.39 Å². The molecule has 2 nitrogen and oxygen atoms in total. The summed E-state index contributed by atoms with van der Waals surface area (Å²) in [6.45, 7) is 0.748. The highest BCUT2D eigenvalue weighted by molar-refractivity contribution is 5.84. The average Bonchev–Trinajstić information content (AvgIpc) is 2.88. The molecule has 192 valence electrons. The van der Waals surface area contributed by atoms with Crippen LogP contribution in [-0.4, -0.2) is 13.2 Å². The lowest BCUT2D eigenvalue weighted by Gasteiger charge is -2.11. The summed E-state index contributed by atoms with van der Waals surface area (Å²) in [6.07, 6.45) is 3.61. The van der Waals surface area contributed by atoms with Gasteiger partial charge in [-0.15, -0.1) is 0 Å². The van der Waals surface area contributed by atoms with Gasteiger partial charge >= 0.3 is 6.61 Å². The first-order valence-corrected chi connectivity index (χ1v) is 11.8. The van der Waals surface area contributed by atoms with Crippen molar-refractivity contribution >= 4 is 10.8 Å². The Balaban J connectivity index is 1.41. The standard InChI is InChI=1S/C30H25F5O2/c1-2-15-36-24-12-6-19(7-13-24)3-4-20-8-14-25-23(16-20)11-10-22(28(25)33)9-5-21-17-26(31)29(27(32)18-21)37-30(34)35/h2,6-8,10-14,16-18,30H,1,3-5,9,15H2. The number of halogens is 5. The molecule has 4 rings (SSSR count). The molecule has 0 aliphatic heterocycles. The Morgan fingerprint density at radius 3 is 2.05 bits per heavy atom. The zero-order chi connectivity index (χ0) is 26.4. The normalized spacial score (nSPS) is 11.2. The number of hydrogen-bond donors (Lipinski definition) is 0. The van der Waals surface area contributed by atoms with Crippen LogP contribution in [0.15, 0.2) is 79.4 Å². The highest BCUT2D eigenvalue weighted by Gasteiger charge is 2.17. The second-order valence-electron chi connectivity index (χ2n) is 8.60. The van der Waals surface area contributed by atoms with Crippen molar-refractivity contribution in [3.8, 4) is 11.5 Å². The molecule has 0 heterocycles. The van der Waals surface area contributed by atoms with Crippen molar-refractivity contribution < 1.29 is 31.4 Å². The van der Waals surface area contributed by atoms with Crippen LogP contribution in [0, 0.1) is 17.5 Å². The Bertz CT molecular complexity index is 1360. The Morgan fingerprint density at radius 1 is 0.730 bits per heavy atom. The van der Waals surface area contributed by atoms with Gasteiger partial charge in [-0.25, -0.2) is 13.2 Å². The topological polar surface area (TPSA) is 18.5 Å². The highest BCUT2D eigenvalue weighted by atomic mass is 19.3.